The lowest BCUT2D eigenvalue weighted by molar-refractivity contribution is -0.120. The number of hydrogen-bond acceptors (Lipinski definition) is 7. The molecule has 1 aromatic heterocycles. The van der Waals surface area contributed by atoms with Gasteiger partial charge in [0, 0.05) is 6.54 Å². The first-order chi connectivity index (χ1) is 11.2. The average molecular weight is 352 g/mol. The van der Waals surface area contributed by atoms with Gasteiger partial charge < -0.3 is 10.6 Å². The van der Waals surface area contributed by atoms with Gasteiger partial charge in [0.2, 0.25) is 11.0 Å². The van der Waals surface area contributed by atoms with Crippen LogP contribution in [-0.4, -0.2) is 33.9 Å². The zero-order valence-corrected chi connectivity index (χ0v) is 14.6. The van der Waals surface area contributed by atoms with E-state index in [9.17, 15) is 10.1 Å². The first kappa shape index (κ1) is 17.8. The molecule has 1 aromatic rings. The Hall–Kier alpha value is -1.59. The molecule has 1 fully saturated rings. The fourth-order valence-corrected chi connectivity index (χ4v) is 4.08. The van der Waals surface area contributed by atoms with Crippen LogP contribution in [0.3, 0.4) is 0 Å². The van der Waals surface area contributed by atoms with Crippen molar-refractivity contribution in [3.63, 3.8) is 0 Å². The molecule has 1 aliphatic rings. The van der Waals surface area contributed by atoms with Gasteiger partial charge in [0.1, 0.15) is 5.54 Å². The number of nitriles is 1. The number of anilines is 1. The number of carbonyl (C=O) groups excluding carboxylic acids is 1. The van der Waals surface area contributed by atoms with Gasteiger partial charge in [-0.15, -0.1) is 16.8 Å². The number of hydrogen-bond donors (Lipinski definition) is 2. The Kier molecular flexibility index (Phi) is 6.86. The summed E-state index contributed by atoms with van der Waals surface area (Å²) in [6.45, 7) is 4.26. The summed E-state index contributed by atoms with van der Waals surface area (Å²) in [6.07, 6.45) is 7.50. The third-order valence-electron chi connectivity index (χ3n) is 3.68. The van der Waals surface area contributed by atoms with Gasteiger partial charge >= 0.3 is 0 Å². The normalized spacial score (nSPS) is 16.8. The van der Waals surface area contributed by atoms with Crippen LogP contribution in [0.25, 0.3) is 0 Å². The second-order valence-corrected chi connectivity index (χ2v) is 7.69. The summed E-state index contributed by atoms with van der Waals surface area (Å²) >= 11 is 2.75. The molecule has 124 valence electrons. The number of rotatable bonds is 7. The minimum atomic E-state index is -0.689. The lowest BCUT2D eigenvalue weighted by Gasteiger charge is -2.26. The van der Waals surface area contributed by atoms with E-state index in [1.54, 1.807) is 6.08 Å². The van der Waals surface area contributed by atoms with Crippen molar-refractivity contribution in [3.8, 4) is 6.07 Å². The van der Waals surface area contributed by atoms with Gasteiger partial charge in [-0.25, -0.2) is 0 Å². The molecule has 1 saturated carbocycles. The Bertz CT molecular complexity index is 573. The monoisotopic (exact) mass is 351 g/mol. The van der Waals surface area contributed by atoms with Gasteiger partial charge in [0.25, 0.3) is 0 Å². The van der Waals surface area contributed by atoms with Crippen LogP contribution in [0, 0.1) is 11.3 Å². The molecule has 23 heavy (non-hydrogen) atoms. The fourth-order valence-electron chi connectivity index (χ4n) is 2.53. The minimum absolute atomic E-state index is 0.116. The van der Waals surface area contributed by atoms with Gasteiger partial charge in [-0.05, 0) is 12.8 Å². The Morgan fingerprint density at radius 2 is 2.13 bits per heavy atom. The van der Waals surface area contributed by atoms with Crippen molar-refractivity contribution in [3.05, 3.63) is 12.7 Å². The fraction of sp³-hybridized carbons (Fsp3) is 0.600. The summed E-state index contributed by atoms with van der Waals surface area (Å²) in [5.41, 5.74) is -0.689. The molecule has 1 heterocycles. The number of carbonyl (C=O) groups is 1. The number of nitrogens with zero attached hydrogens (tertiary/aromatic N) is 3. The molecule has 0 atom stereocenters. The molecule has 2 N–H and O–H groups in total. The van der Waals surface area contributed by atoms with Gasteiger partial charge in [0.05, 0.1) is 11.8 Å². The molecule has 0 bridgehead atoms. The van der Waals surface area contributed by atoms with Crippen LogP contribution >= 0.6 is 23.1 Å². The van der Waals surface area contributed by atoms with E-state index in [2.05, 4.69) is 33.5 Å². The molecular formula is C15H21N5OS2. The standard InChI is InChI=1S/C15H21N5OS2/c1-2-9-17-13-19-20-14(23-13)22-10-12(21)18-15(11-16)7-5-3-4-6-8-15/h2H,1,3-10H2,(H,17,19)(H,18,21). The maximum Gasteiger partial charge on any atom is 0.231 e. The lowest BCUT2D eigenvalue weighted by Crippen LogP contribution is -2.47. The van der Waals surface area contributed by atoms with E-state index in [1.807, 2.05) is 0 Å². The molecule has 0 spiro atoms. The molecule has 0 aliphatic heterocycles. The first-order valence-electron chi connectivity index (χ1n) is 7.71. The second kappa shape index (κ2) is 8.89. The molecule has 1 amide bonds. The first-order valence-corrected chi connectivity index (χ1v) is 9.51. The van der Waals surface area contributed by atoms with Gasteiger partial charge in [-0.1, -0.05) is 54.9 Å². The average Bonchev–Trinajstić information content (AvgIpc) is 2.89. The molecular weight excluding hydrogens is 330 g/mol. The number of nitrogens with one attached hydrogen (secondary N) is 2. The van der Waals surface area contributed by atoms with Crippen molar-refractivity contribution in [1.29, 1.82) is 5.26 Å². The maximum absolute atomic E-state index is 12.2. The van der Waals surface area contributed by atoms with Crippen molar-refractivity contribution in [1.82, 2.24) is 15.5 Å². The van der Waals surface area contributed by atoms with E-state index in [4.69, 9.17) is 0 Å². The van der Waals surface area contributed by atoms with Crippen LogP contribution in [0.4, 0.5) is 5.13 Å². The van der Waals surface area contributed by atoms with Crippen molar-refractivity contribution >= 4 is 34.1 Å². The zero-order chi connectivity index (χ0) is 16.5. The van der Waals surface area contributed by atoms with Crippen molar-refractivity contribution in [2.24, 2.45) is 0 Å². The molecule has 0 unspecified atom stereocenters. The van der Waals surface area contributed by atoms with E-state index < -0.39 is 5.54 Å². The smallest absolute Gasteiger partial charge is 0.231 e. The summed E-state index contributed by atoms with van der Waals surface area (Å²) in [4.78, 5) is 12.2. The minimum Gasteiger partial charge on any atom is -0.357 e. The summed E-state index contributed by atoms with van der Waals surface area (Å²) < 4.78 is 0.735. The van der Waals surface area contributed by atoms with Crippen LogP contribution in [0.1, 0.15) is 38.5 Å². The number of amides is 1. The molecule has 2 rings (SSSR count). The quantitative estimate of drug-likeness (QED) is 0.446. The zero-order valence-electron chi connectivity index (χ0n) is 13.0. The SMILES string of the molecule is C=CCNc1nnc(SCC(=O)NC2(C#N)CCCCCC2)s1. The molecule has 8 heteroatoms. The van der Waals surface area contributed by atoms with Crippen molar-refractivity contribution < 1.29 is 4.79 Å². The highest BCUT2D eigenvalue weighted by atomic mass is 32.2. The van der Waals surface area contributed by atoms with Gasteiger partial charge in [-0.3, -0.25) is 4.79 Å². The lowest BCUT2D eigenvalue weighted by atomic mass is 9.92. The van der Waals surface area contributed by atoms with Crippen LogP contribution in [0.5, 0.6) is 0 Å². The highest BCUT2D eigenvalue weighted by Gasteiger charge is 2.32. The Balaban J connectivity index is 1.83. The van der Waals surface area contributed by atoms with E-state index in [1.165, 1.54) is 23.1 Å². The third-order valence-corrected chi connectivity index (χ3v) is 5.69. The second-order valence-electron chi connectivity index (χ2n) is 5.49. The summed E-state index contributed by atoms with van der Waals surface area (Å²) in [6, 6.07) is 2.33. The molecule has 1 aliphatic carbocycles. The Morgan fingerprint density at radius 3 is 2.78 bits per heavy atom. The van der Waals surface area contributed by atoms with Gasteiger partial charge in [0.15, 0.2) is 4.34 Å². The summed E-state index contributed by atoms with van der Waals surface area (Å²) in [7, 11) is 0. The number of aromatic nitrogens is 2. The molecule has 0 aromatic carbocycles. The van der Waals surface area contributed by atoms with Crippen LogP contribution < -0.4 is 10.6 Å². The predicted octanol–water partition coefficient (Wildman–Crippen LogP) is 2.96. The topological polar surface area (TPSA) is 90.7 Å². The third kappa shape index (κ3) is 5.52. The summed E-state index contributed by atoms with van der Waals surface area (Å²) in [5, 5.41) is 24.2. The summed E-state index contributed by atoms with van der Waals surface area (Å²) in [5.74, 6) is 0.133. The maximum atomic E-state index is 12.2. The van der Waals surface area contributed by atoms with Crippen molar-refractivity contribution in [2.45, 2.75) is 48.4 Å². The van der Waals surface area contributed by atoms with E-state index in [0.29, 0.717) is 11.7 Å². The van der Waals surface area contributed by atoms with E-state index >= 15 is 0 Å². The highest BCUT2D eigenvalue weighted by Crippen LogP contribution is 2.28. The number of thioether (sulfide) groups is 1. The molecule has 6 nitrogen and oxygen atoms in total. The Labute approximate surface area is 144 Å². The van der Waals surface area contributed by atoms with Crippen LogP contribution in [0.2, 0.25) is 0 Å². The predicted molar refractivity (Wildman–Crippen MR) is 93.5 cm³/mol. The van der Waals surface area contributed by atoms with Crippen molar-refractivity contribution in [2.75, 3.05) is 17.6 Å². The van der Waals surface area contributed by atoms with Crippen LogP contribution in [-0.2, 0) is 4.79 Å². The molecule has 0 radical (unpaired) electrons. The highest BCUT2D eigenvalue weighted by molar-refractivity contribution is 8.01. The van der Waals surface area contributed by atoms with Crippen LogP contribution in [0.15, 0.2) is 17.0 Å². The van der Waals surface area contributed by atoms with E-state index in [-0.39, 0.29) is 11.7 Å². The van der Waals surface area contributed by atoms with Gasteiger partial charge in [-0.2, -0.15) is 5.26 Å². The van der Waals surface area contributed by atoms with E-state index in [0.717, 1.165) is 42.9 Å². The Morgan fingerprint density at radius 1 is 1.39 bits per heavy atom. The largest absolute Gasteiger partial charge is 0.357 e. The molecule has 0 saturated heterocycles.